The van der Waals surface area contributed by atoms with Gasteiger partial charge in [-0.15, -0.1) is 0 Å². The van der Waals surface area contributed by atoms with Crippen LogP contribution in [0.5, 0.6) is 0 Å². The fraction of sp³-hybridized carbons (Fsp3) is 0.0909. The highest BCUT2D eigenvalue weighted by Crippen LogP contribution is 2.16. The minimum atomic E-state index is -0.370. The molecule has 0 aliphatic carbocycles. The fourth-order valence-corrected chi connectivity index (χ4v) is 1.26. The third-order valence-electron chi connectivity index (χ3n) is 2.00. The van der Waals surface area contributed by atoms with E-state index >= 15 is 0 Å². The van der Waals surface area contributed by atoms with E-state index < -0.39 is 0 Å². The zero-order chi connectivity index (χ0) is 10.7. The van der Waals surface area contributed by atoms with Crippen LogP contribution >= 0.6 is 0 Å². The van der Waals surface area contributed by atoms with Gasteiger partial charge in [0.25, 0.3) is 0 Å². The van der Waals surface area contributed by atoms with Crippen molar-refractivity contribution in [2.24, 2.45) is 0 Å². The maximum atomic E-state index is 12.6. The van der Waals surface area contributed by atoms with E-state index in [9.17, 15) is 4.39 Å². The SMILES string of the molecule is OCc1cncc(-c2ccc(F)cn2)c1. The van der Waals surface area contributed by atoms with Gasteiger partial charge in [-0.1, -0.05) is 0 Å². The van der Waals surface area contributed by atoms with E-state index in [-0.39, 0.29) is 12.4 Å². The van der Waals surface area contributed by atoms with Crippen molar-refractivity contribution < 1.29 is 9.50 Å². The van der Waals surface area contributed by atoms with Gasteiger partial charge in [-0.05, 0) is 23.8 Å². The summed E-state index contributed by atoms with van der Waals surface area (Å²) in [5, 5.41) is 8.93. The first kappa shape index (κ1) is 9.73. The average Bonchev–Trinajstić information content (AvgIpc) is 2.30. The van der Waals surface area contributed by atoms with Crippen LogP contribution in [0.2, 0.25) is 0 Å². The van der Waals surface area contributed by atoms with Gasteiger partial charge in [-0.3, -0.25) is 9.97 Å². The van der Waals surface area contributed by atoms with E-state index in [1.807, 2.05) is 0 Å². The number of nitrogens with zero attached hydrogens (tertiary/aromatic N) is 2. The van der Waals surface area contributed by atoms with Crippen molar-refractivity contribution in [2.45, 2.75) is 6.61 Å². The van der Waals surface area contributed by atoms with E-state index in [1.54, 1.807) is 24.5 Å². The van der Waals surface area contributed by atoms with Crippen LogP contribution in [-0.4, -0.2) is 15.1 Å². The molecular weight excluding hydrogens is 195 g/mol. The third-order valence-corrected chi connectivity index (χ3v) is 2.00. The summed E-state index contributed by atoms with van der Waals surface area (Å²) in [6, 6.07) is 4.69. The van der Waals surface area contributed by atoms with Crippen molar-refractivity contribution in [2.75, 3.05) is 0 Å². The second-order valence-electron chi connectivity index (χ2n) is 3.10. The number of rotatable bonds is 2. The molecule has 3 nitrogen and oxygen atoms in total. The minimum Gasteiger partial charge on any atom is -0.392 e. The Labute approximate surface area is 86.3 Å². The smallest absolute Gasteiger partial charge is 0.141 e. The molecule has 0 aromatic carbocycles. The molecule has 0 unspecified atom stereocenters. The highest BCUT2D eigenvalue weighted by atomic mass is 19.1. The van der Waals surface area contributed by atoms with Crippen molar-refractivity contribution in [1.82, 2.24) is 9.97 Å². The molecule has 2 aromatic rings. The zero-order valence-corrected chi connectivity index (χ0v) is 7.89. The summed E-state index contributed by atoms with van der Waals surface area (Å²) in [5.74, 6) is -0.370. The predicted octanol–water partition coefficient (Wildman–Crippen LogP) is 1.77. The van der Waals surface area contributed by atoms with Crippen molar-refractivity contribution in [3.05, 3.63) is 48.2 Å². The Kier molecular flexibility index (Phi) is 2.69. The summed E-state index contributed by atoms with van der Waals surface area (Å²) in [6.45, 7) is -0.0674. The molecule has 2 rings (SSSR count). The van der Waals surface area contributed by atoms with Crippen molar-refractivity contribution in [3.8, 4) is 11.3 Å². The van der Waals surface area contributed by atoms with Gasteiger partial charge in [0, 0.05) is 18.0 Å². The second kappa shape index (κ2) is 4.14. The molecule has 0 atom stereocenters. The standard InChI is InChI=1S/C11H9FN2O/c12-10-1-2-11(14-6-10)9-3-8(7-15)4-13-5-9/h1-6,15H,7H2. The highest BCUT2D eigenvalue weighted by Gasteiger charge is 2.01. The van der Waals surface area contributed by atoms with Gasteiger partial charge in [-0.2, -0.15) is 0 Å². The molecule has 0 aliphatic rings. The van der Waals surface area contributed by atoms with Crippen LogP contribution in [0.25, 0.3) is 11.3 Å². The van der Waals surface area contributed by atoms with Crippen LogP contribution in [0.3, 0.4) is 0 Å². The zero-order valence-electron chi connectivity index (χ0n) is 7.89. The summed E-state index contributed by atoms with van der Waals surface area (Å²) in [5.41, 5.74) is 2.11. The van der Waals surface area contributed by atoms with Crippen molar-refractivity contribution in [3.63, 3.8) is 0 Å². The quantitative estimate of drug-likeness (QED) is 0.810. The van der Waals surface area contributed by atoms with Gasteiger partial charge >= 0.3 is 0 Å². The maximum absolute atomic E-state index is 12.6. The predicted molar refractivity (Wildman–Crippen MR) is 53.3 cm³/mol. The summed E-state index contributed by atoms with van der Waals surface area (Å²) in [7, 11) is 0. The summed E-state index contributed by atoms with van der Waals surface area (Å²) in [4.78, 5) is 7.89. The Morgan fingerprint density at radius 2 is 2.07 bits per heavy atom. The lowest BCUT2D eigenvalue weighted by Crippen LogP contribution is -1.89. The molecule has 0 aliphatic heterocycles. The van der Waals surface area contributed by atoms with Crippen LogP contribution in [0.1, 0.15) is 5.56 Å². The lowest BCUT2D eigenvalue weighted by molar-refractivity contribution is 0.281. The molecule has 0 amide bonds. The van der Waals surface area contributed by atoms with Gasteiger partial charge in [-0.25, -0.2) is 4.39 Å². The van der Waals surface area contributed by atoms with Crippen molar-refractivity contribution in [1.29, 1.82) is 0 Å². The Hall–Kier alpha value is -1.81. The van der Waals surface area contributed by atoms with E-state index in [1.165, 1.54) is 6.07 Å². The largest absolute Gasteiger partial charge is 0.392 e. The molecule has 76 valence electrons. The van der Waals surface area contributed by atoms with Crippen LogP contribution in [0, 0.1) is 5.82 Å². The number of pyridine rings is 2. The van der Waals surface area contributed by atoms with Crippen molar-refractivity contribution >= 4 is 0 Å². The van der Waals surface area contributed by atoms with Gasteiger partial charge in [0.15, 0.2) is 0 Å². The lowest BCUT2D eigenvalue weighted by Gasteiger charge is -2.01. The normalized spacial score (nSPS) is 10.3. The summed E-state index contributed by atoms with van der Waals surface area (Å²) < 4.78 is 12.6. The van der Waals surface area contributed by atoms with Gasteiger partial charge < -0.3 is 5.11 Å². The molecule has 0 radical (unpaired) electrons. The average molecular weight is 204 g/mol. The lowest BCUT2D eigenvalue weighted by atomic mass is 10.1. The Morgan fingerprint density at radius 3 is 2.73 bits per heavy atom. The third kappa shape index (κ3) is 2.16. The molecule has 1 N–H and O–H groups in total. The van der Waals surface area contributed by atoms with Crippen LogP contribution in [0.4, 0.5) is 4.39 Å². The highest BCUT2D eigenvalue weighted by molar-refractivity contribution is 5.58. The summed E-state index contributed by atoms with van der Waals surface area (Å²) in [6.07, 6.45) is 4.35. The molecule has 0 saturated heterocycles. The first-order valence-corrected chi connectivity index (χ1v) is 4.46. The van der Waals surface area contributed by atoms with E-state index in [0.717, 1.165) is 11.8 Å². The molecular formula is C11H9FN2O. The molecule has 0 saturated carbocycles. The van der Waals surface area contributed by atoms with Gasteiger partial charge in [0.1, 0.15) is 5.82 Å². The van der Waals surface area contributed by atoms with Crippen LogP contribution in [0.15, 0.2) is 36.8 Å². The Balaban J connectivity index is 2.40. The number of hydrogen-bond donors (Lipinski definition) is 1. The number of aliphatic hydroxyl groups excluding tert-OH is 1. The fourth-order valence-electron chi connectivity index (χ4n) is 1.26. The van der Waals surface area contributed by atoms with E-state index in [0.29, 0.717) is 11.3 Å². The van der Waals surface area contributed by atoms with Gasteiger partial charge in [0.05, 0.1) is 18.5 Å². The number of aromatic nitrogens is 2. The topological polar surface area (TPSA) is 46.0 Å². The molecule has 0 fully saturated rings. The van der Waals surface area contributed by atoms with Gasteiger partial charge in [0.2, 0.25) is 0 Å². The Morgan fingerprint density at radius 1 is 1.20 bits per heavy atom. The molecule has 0 bridgehead atoms. The second-order valence-corrected chi connectivity index (χ2v) is 3.10. The maximum Gasteiger partial charge on any atom is 0.141 e. The van der Waals surface area contributed by atoms with Crippen LogP contribution < -0.4 is 0 Å². The molecule has 2 heterocycles. The number of hydrogen-bond acceptors (Lipinski definition) is 3. The first-order chi connectivity index (χ1) is 7.29. The van der Waals surface area contributed by atoms with E-state index in [4.69, 9.17) is 5.11 Å². The molecule has 0 spiro atoms. The molecule has 15 heavy (non-hydrogen) atoms. The minimum absolute atomic E-state index is 0.0674. The number of halogens is 1. The molecule has 2 aromatic heterocycles. The summed E-state index contributed by atoms with van der Waals surface area (Å²) >= 11 is 0. The monoisotopic (exact) mass is 204 g/mol. The first-order valence-electron chi connectivity index (χ1n) is 4.46. The number of aliphatic hydroxyl groups is 1. The Bertz CT molecular complexity index is 456. The molecule has 4 heteroatoms. The van der Waals surface area contributed by atoms with Crippen LogP contribution in [-0.2, 0) is 6.61 Å². The van der Waals surface area contributed by atoms with E-state index in [2.05, 4.69) is 9.97 Å².